The summed E-state index contributed by atoms with van der Waals surface area (Å²) in [6.07, 6.45) is 0.802. The predicted molar refractivity (Wildman–Crippen MR) is 118 cm³/mol. The van der Waals surface area contributed by atoms with Gasteiger partial charge in [0.25, 0.3) is 5.56 Å². The Hall–Kier alpha value is -3.65. The lowest BCUT2D eigenvalue weighted by Crippen LogP contribution is -2.27. The van der Waals surface area contributed by atoms with Crippen molar-refractivity contribution in [1.82, 2.24) is 9.88 Å². The van der Waals surface area contributed by atoms with E-state index in [2.05, 4.69) is 29.2 Å². The standard InChI is InChI=1S/C25H25N3O2/c1-17-22(18(2)27-25(30)23(17)15-26)13-14-24(29)28(3)16-19-9-11-21(12-10-19)20-7-5-4-6-8-20/h4-12H,13-14,16H2,1-3H3,(H,27,30). The minimum Gasteiger partial charge on any atom is -0.341 e. The van der Waals surface area contributed by atoms with Gasteiger partial charge < -0.3 is 9.88 Å². The fraction of sp³-hybridized carbons (Fsp3) is 0.240. The summed E-state index contributed by atoms with van der Waals surface area (Å²) in [6, 6.07) is 20.3. The molecule has 0 aliphatic carbocycles. The molecular weight excluding hydrogens is 374 g/mol. The van der Waals surface area contributed by atoms with Crippen LogP contribution in [0, 0.1) is 25.2 Å². The van der Waals surface area contributed by atoms with Crippen LogP contribution in [0.4, 0.5) is 0 Å². The summed E-state index contributed by atoms with van der Waals surface area (Å²) in [5, 5.41) is 9.19. The lowest BCUT2D eigenvalue weighted by atomic mass is 9.99. The van der Waals surface area contributed by atoms with Crippen LogP contribution < -0.4 is 5.56 Å². The Labute approximate surface area is 176 Å². The molecule has 0 saturated heterocycles. The van der Waals surface area contributed by atoms with Crippen molar-refractivity contribution < 1.29 is 4.79 Å². The second kappa shape index (κ2) is 9.23. The molecule has 5 nitrogen and oxygen atoms in total. The Bertz CT molecular complexity index is 1140. The van der Waals surface area contributed by atoms with Gasteiger partial charge in [0.15, 0.2) is 0 Å². The Morgan fingerprint density at radius 3 is 2.30 bits per heavy atom. The third-order valence-corrected chi connectivity index (χ3v) is 5.42. The first-order valence-corrected chi connectivity index (χ1v) is 9.91. The fourth-order valence-electron chi connectivity index (χ4n) is 3.64. The number of aromatic amines is 1. The van der Waals surface area contributed by atoms with Gasteiger partial charge in [-0.25, -0.2) is 0 Å². The molecule has 0 bridgehead atoms. The molecule has 0 spiro atoms. The van der Waals surface area contributed by atoms with E-state index in [1.807, 2.05) is 36.4 Å². The van der Waals surface area contributed by atoms with Crippen molar-refractivity contribution in [2.45, 2.75) is 33.2 Å². The number of hydrogen-bond donors (Lipinski definition) is 1. The molecule has 1 aromatic heterocycles. The number of nitrogens with one attached hydrogen (secondary N) is 1. The van der Waals surface area contributed by atoms with Crippen LogP contribution in [-0.4, -0.2) is 22.8 Å². The molecule has 2 aromatic carbocycles. The summed E-state index contributed by atoms with van der Waals surface area (Å²) >= 11 is 0. The maximum absolute atomic E-state index is 12.6. The monoisotopic (exact) mass is 399 g/mol. The number of amides is 1. The Morgan fingerprint density at radius 2 is 1.67 bits per heavy atom. The van der Waals surface area contributed by atoms with Crippen molar-refractivity contribution in [3.05, 3.63) is 92.9 Å². The summed E-state index contributed by atoms with van der Waals surface area (Å²) in [7, 11) is 1.79. The van der Waals surface area contributed by atoms with Gasteiger partial charge in [0, 0.05) is 25.7 Å². The quantitative estimate of drug-likeness (QED) is 0.677. The molecule has 0 unspecified atom stereocenters. The zero-order chi connectivity index (χ0) is 21.7. The molecule has 152 valence electrons. The summed E-state index contributed by atoms with van der Waals surface area (Å²) in [5.41, 5.74) is 5.35. The van der Waals surface area contributed by atoms with E-state index >= 15 is 0 Å². The topological polar surface area (TPSA) is 77.0 Å². The van der Waals surface area contributed by atoms with Gasteiger partial charge in [-0.3, -0.25) is 9.59 Å². The average molecular weight is 399 g/mol. The highest BCUT2D eigenvalue weighted by Crippen LogP contribution is 2.20. The maximum Gasteiger partial charge on any atom is 0.266 e. The van der Waals surface area contributed by atoms with Gasteiger partial charge in [-0.05, 0) is 48.1 Å². The molecule has 0 fully saturated rings. The van der Waals surface area contributed by atoms with E-state index in [0.717, 1.165) is 22.3 Å². The van der Waals surface area contributed by atoms with Crippen molar-refractivity contribution >= 4 is 5.91 Å². The van der Waals surface area contributed by atoms with Crippen molar-refractivity contribution in [3.63, 3.8) is 0 Å². The number of carbonyl (C=O) groups excluding carboxylic acids is 1. The van der Waals surface area contributed by atoms with E-state index in [9.17, 15) is 14.9 Å². The van der Waals surface area contributed by atoms with Gasteiger partial charge in [0.05, 0.1) is 0 Å². The van der Waals surface area contributed by atoms with E-state index < -0.39 is 0 Å². The molecular formula is C25H25N3O2. The Balaban J connectivity index is 1.63. The van der Waals surface area contributed by atoms with E-state index in [4.69, 9.17) is 0 Å². The molecule has 0 radical (unpaired) electrons. The summed E-state index contributed by atoms with van der Waals surface area (Å²) in [4.78, 5) is 28.9. The van der Waals surface area contributed by atoms with Gasteiger partial charge in [-0.1, -0.05) is 54.6 Å². The highest BCUT2D eigenvalue weighted by molar-refractivity contribution is 5.76. The van der Waals surface area contributed by atoms with Crippen LogP contribution in [0.3, 0.4) is 0 Å². The van der Waals surface area contributed by atoms with Crippen molar-refractivity contribution in [2.24, 2.45) is 0 Å². The lowest BCUT2D eigenvalue weighted by molar-refractivity contribution is -0.130. The number of aryl methyl sites for hydroxylation is 1. The number of rotatable bonds is 6. The van der Waals surface area contributed by atoms with Crippen LogP contribution in [0.15, 0.2) is 59.4 Å². The first-order valence-electron chi connectivity index (χ1n) is 9.91. The van der Waals surface area contributed by atoms with Crippen LogP contribution in [-0.2, 0) is 17.8 Å². The van der Waals surface area contributed by atoms with Crippen LogP contribution in [0.1, 0.15) is 34.4 Å². The van der Waals surface area contributed by atoms with Gasteiger partial charge in [-0.15, -0.1) is 0 Å². The second-order valence-electron chi connectivity index (χ2n) is 7.48. The molecule has 3 aromatic rings. The molecule has 5 heteroatoms. The highest BCUT2D eigenvalue weighted by atomic mass is 16.2. The van der Waals surface area contributed by atoms with Crippen LogP contribution in [0.25, 0.3) is 11.1 Å². The van der Waals surface area contributed by atoms with Gasteiger partial charge >= 0.3 is 0 Å². The van der Waals surface area contributed by atoms with Crippen LogP contribution >= 0.6 is 0 Å². The van der Waals surface area contributed by atoms with Gasteiger partial charge in [0.2, 0.25) is 5.91 Å². The zero-order valence-corrected chi connectivity index (χ0v) is 17.5. The average Bonchev–Trinajstić information content (AvgIpc) is 2.74. The van der Waals surface area contributed by atoms with Crippen molar-refractivity contribution in [3.8, 4) is 17.2 Å². The Morgan fingerprint density at radius 1 is 1.03 bits per heavy atom. The van der Waals surface area contributed by atoms with Crippen LogP contribution in [0.2, 0.25) is 0 Å². The number of hydrogen-bond acceptors (Lipinski definition) is 3. The smallest absolute Gasteiger partial charge is 0.266 e. The molecule has 1 N–H and O–H groups in total. The molecule has 3 rings (SSSR count). The van der Waals surface area contributed by atoms with E-state index in [-0.39, 0.29) is 17.0 Å². The van der Waals surface area contributed by atoms with Gasteiger partial charge in [-0.2, -0.15) is 5.26 Å². The largest absolute Gasteiger partial charge is 0.341 e. The molecule has 0 atom stereocenters. The molecule has 1 amide bonds. The number of nitriles is 1. The maximum atomic E-state index is 12.6. The minimum atomic E-state index is -0.376. The SMILES string of the molecule is Cc1[nH]c(=O)c(C#N)c(C)c1CCC(=O)N(C)Cc1ccc(-c2ccccc2)cc1. The molecule has 0 aliphatic rings. The minimum absolute atomic E-state index is 0.0191. The number of nitrogens with zero attached hydrogens (tertiary/aromatic N) is 2. The molecule has 0 saturated carbocycles. The highest BCUT2D eigenvalue weighted by Gasteiger charge is 2.15. The number of benzene rings is 2. The number of H-pyrrole nitrogens is 1. The van der Waals surface area contributed by atoms with E-state index in [1.165, 1.54) is 0 Å². The number of carbonyl (C=O) groups is 1. The lowest BCUT2D eigenvalue weighted by Gasteiger charge is -2.18. The van der Waals surface area contributed by atoms with Gasteiger partial charge in [0.1, 0.15) is 11.6 Å². The van der Waals surface area contributed by atoms with E-state index in [0.29, 0.717) is 30.6 Å². The summed E-state index contributed by atoms with van der Waals surface area (Å²) in [5.74, 6) is 0.0191. The zero-order valence-electron chi connectivity index (χ0n) is 17.5. The number of pyridine rings is 1. The summed E-state index contributed by atoms with van der Waals surface area (Å²) < 4.78 is 0. The third kappa shape index (κ3) is 4.66. The third-order valence-electron chi connectivity index (χ3n) is 5.42. The predicted octanol–water partition coefficient (Wildman–Crippen LogP) is 4.12. The fourth-order valence-corrected chi connectivity index (χ4v) is 3.64. The Kier molecular flexibility index (Phi) is 6.48. The van der Waals surface area contributed by atoms with Crippen LogP contribution in [0.5, 0.6) is 0 Å². The normalized spacial score (nSPS) is 10.5. The summed E-state index contributed by atoms with van der Waals surface area (Å²) in [6.45, 7) is 4.09. The molecule has 1 heterocycles. The molecule has 0 aliphatic heterocycles. The van der Waals surface area contributed by atoms with Crippen molar-refractivity contribution in [2.75, 3.05) is 7.05 Å². The molecule has 30 heavy (non-hydrogen) atoms. The van der Waals surface area contributed by atoms with E-state index in [1.54, 1.807) is 25.8 Å². The first-order chi connectivity index (χ1) is 14.4. The van der Waals surface area contributed by atoms with Crippen molar-refractivity contribution in [1.29, 1.82) is 5.26 Å². The second-order valence-corrected chi connectivity index (χ2v) is 7.48. The number of aromatic nitrogens is 1. The first kappa shape index (κ1) is 21.1.